The van der Waals surface area contributed by atoms with Gasteiger partial charge in [0.05, 0.1) is 7.11 Å². The molecule has 3 atom stereocenters. The minimum atomic E-state index is -0.654. The number of allylic oxidation sites excluding steroid dienone is 2. The lowest BCUT2D eigenvalue weighted by molar-refractivity contribution is -0.145. The molecule has 2 aromatic rings. The number of methoxy groups -OCH3 is 1. The molecule has 1 unspecified atom stereocenters. The largest absolute Gasteiger partial charge is 0.496 e. The van der Waals surface area contributed by atoms with Gasteiger partial charge in [0.15, 0.2) is 5.78 Å². The summed E-state index contributed by atoms with van der Waals surface area (Å²) in [5.41, 5.74) is 4.06. The average molecular weight is 478 g/mol. The van der Waals surface area contributed by atoms with E-state index in [2.05, 4.69) is 19.1 Å². The quantitative estimate of drug-likeness (QED) is 0.368. The van der Waals surface area contributed by atoms with Crippen molar-refractivity contribution in [2.75, 3.05) is 25.2 Å². The van der Waals surface area contributed by atoms with Crippen LogP contribution in [-0.2, 0) is 14.3 Å². The van der Waals surface area contributed by atoms with Crippen LogP contribution in [0.5, 0.6) is 5.75 Å². The number of thioether (sulfide) groups is 1. The molecule has 6 heteroatoms. The molecule has 4 rings (SSSR count). The Kier molecular flexibility index (Phi) is 7.88. The topological polar surface area (TPSA) is 65.0 Å². The number of para-hydroxylation sites is 1. The van der Waals surface area contributed by atoms with E-state index in [1.54, 1.807) is 18.9 Å². The molecule has 0 saturated heterocycles. The van der Waals surface area contributed by atoms with Crippen LogP contribution in [0, 0.1) is 5.92 Å². The highest BCUT2D eigenvalue weighted by atomic mass is 32.2. The number of ether oxygens (including phenoxy) is 2. The van der Waals surface area contributed by atoms with E-state index < -0.39 is 11.8 Å². The Hall–Kier alpha value is -2.86. The molecule has 0 saturated carbocycles. The predicted molar refractivity (Wildman–Crippen MR) is 137 cm³/mol. The average Bonchev–Trinajstić information content (AvgIpc) is 2.86. The number of aliphatic imine (C=N–C) groups is 1. The first-order valence-corrected chi connectivity index (χ1v) is 12.9. The van der Waals surface area contributed by atoms with Crippen LogP contribution in [0.3, 0.4) is 0 Å². The van der Waals surface area contributed by atoms with Gasteiger partial charge in [-0.05, 0) is 36.6 Å². The highest BCUT2D eigenvalue weighted by Gasteiger charge is 2.45. The Bertz CT molecular complexity index is 1110. The number of Topliss-reactive ketones (excluding diaryl/α,β-unsaturated/α-hetero) is 1. The summed E-state index contributed by atoms with van der Waals surface area (Å²) >= 11 is 1.73. The molecule has 5 nitrogen and oxygen atoms in total. The number of nitrogens with zero attached hydrogens (tertiary/aromatic N) is 1. The van der Waals surface area contributed by atoms with Gasteiger partial charge in [-0.25, -0.2) is 0 Å². The Morgan fingerprint density at radius 3 is 2.56 bits per heavy atom. The second-order valence-electron chi connectivity index (χ2n) is 8.61. The molecule has 34 heavy (non-hydrogen) atoms. The van der Waals surface area contributed by atoms with Crippen LogP contribution in [0.1, 0.15) is 49.7 Å². The zero-order valence-electron chi connectivity index (χ0n) is 20.0. The zero-order chi connectivity index (χ0) is 24.1. The Labute approximate surface area is 205 Å². The fourth-order valence-electron chi connectivity index (χ4n) is 5.02. The van der Waals surface area contributed by atoms with E-state index in [0.717, 1.165) is 28.3 Å². The molecule has 0 spiro atoms. The molecule has 1 aliphatic carbocycles. The third-order valence-corrected chi connectivity index (χ3v) is 7.43. The number of hydrogen-bond acceptors (Lipinski definition) is 6. The normalized spacial score (nSPS) is 22.1. The SMILES string of the molecule is CCSCCOC(=O)C1C(C)=NC2=C(C(=O)C[C@@H](c3ccccc3)C2)[C@H]1c1ccccc1OC. The van der Waals surface area contributed by atoms with Gasteiger partial charge in [0, 0.05) is 40.6 Å². The van der Waals surface area contributed by atoms with Crippen LogP contribution >= 0.6 is 11.8 Å². The molecule has 0 radical (unpaired) electrons. The number of carbonyl (C=O) groups excluding carboxylic acids is 2. The number of benzene rings is 2. The number of hydrogen-bond donors (Lipinski definition) is 0. The van der Waals surface area contributed by atoms with Crippen molar-refractivity contribution in [3.63, 3.8) is 0 Å². The molecule has 178 valence electrons. The van der Waals surface area contributed by atoms with Gasteiger partial charge in [0.2, 0.25) is 0 Å². The van der Waals surface area contributed by atoms with Gasteiger partial charge in [-0.1, -0.05) is 55.5 Å². The second kappa shape index (κ2) is 11.0. The van der Waals surface area contributed by atoms with Crippen molar-refractivity contribution in [2.24, 2.45) is 10.9 Å². The molecule has 0 N–H and O–H groups in total. The van der Waals surface area contributed by atoms with Gasteiger partial charge in [-0.15, -0.1) is 0 Å². The van der Waals surface area contributed by atoms with Gasteiger partial charge >= 0.3 is 5.97 Å². The van der Waals surface area contributed by atoms with Crippen LogP contribution in [0.25, 0.3) is 0 Å². The molecule has 2 aromatic carbocycles. The minimum absolute atomic E-state index is 0.0431. The summed E-state index contributed by atoms with van der Waals surface area (Å²) < 4.78 is 11.3. The summed E-state index contributed by atoms with van der Waals surface area (Å²) in [6, 6.07) is 17.7. The van der Waals surface area contributed by atoms with Crippen molar-refractivity contribution < 1.29 is 19.1 Å². The van der Waals surface area contributed by atoms with Gasteiger partial charge in [-0.3, -0.25) is 14.6 Å². The van der Waals surface area contributed by atoms with Crippen molar-refractivity contribution in [2.45, 2.75) is 38.5 Å². The molecule has 1 aliphatic heterocycles. The summed E-state index contributed by atoms with van der Waals surface area (Å²) in [5, 5.41) is 0. The van der Waals surface area contributed by atoms with Gasteiger partial charge in [0.1, 0.15) is 18.3 Å². The first-order valence-electron chi connectivity index (χ1n) is 11.8. The molecule has 0 fully saturated rings. The lowest BCUT2D eigenvalue weighted by Crippen LogP contribution is -2.38. The number of carbonyl (C=O) groups is 2. The minimum Gasteiger partial charge on any atom is -0.496 e. The summed E-state index contributed by atoms with van der Waals surface area (Å²) in [7, 11) is 1.61. The highest BCUT2D eigenvalue weighted by Crippen LogP contribution is 2.48. The van der Waals surface area contributed by atoms with Crippen LogP contribution in [-0.4, -0.2) is 42.7 Å². The summed E-state index contributed by atoms with van der Waals surface area (Å²) in [5.74, 6) is 1.04. The maximum atomic E-state index is 13.6. The van der Waals surface area contributed by atoms with E-state index in [0.29, 0.717) is 36.5 Å². The van der Waals surface area contributed by atoms with E-state index in [4.69, 9.17) is 14.5 Å². The standard InChI is InChI=1S/C28H31NO4S/c1-4-34-15-14-33-28(31)25-18(2)29-22-16-20(19-10-6-5-7-11-19)17-23(30)27(22)26(25)21-12-8-9-13-24(21)32-3/h5-13,20,25-26H,4,14-17H2,1-3H3/t20-,25?,26-/m0/s1. The van der Waals surface area contributed by atoms with E-state index in [-0.39, 0.29) is 17.7 Å². The van der Waals surface area contributed by atoms with Gasteiger partial charge in [0.25, 0.3) is 0 Å². The van der Waals surface area contributed by atoms with Crippen molar-refractivity contribution in [1.82, 2.24) is 0 Å². The third kappa shape index (κ3) is 4.97. The van der Waals surface area contributed by atoms with Gasteiger partial charge in [-0.2, -0.15) is 11.8 Å². The first-order chi connectivity index (χ1) is 16.5. The monoisotopic (exact) mass is 477 g/mol. The fourth-order valence-corrected chi connectivity index (χ4v) is 5.51. The smallest absolute Gasteiger partial charge is 0.315 e. The van der Waals surface area contributed by atoms with E-state index in [9.17, 15) is 9.59 Å². The summed E-state index contributed by atoms with van der Waals surface area (Å²) in [4.78, 5) is 31.8. The fraction of sp³-hybridized carbons (Fsp3) is 0.393. The van der Waals surface area contributed by atoms with Crippen molar-refractivity contribution in [1.29, 1.82) is 0 Å². The zero-order valence-corrected chi connectivity index (χ0v) is 20.8. The van der Waals surface area contributed by atoms with E-state index in [1.165, 1.54) is 0 Å². The van der Waals surface area contributed by atoms with Crippen molar-refractivity contribution >= 4 is 29.2 Å². The van der Waals surface area contributed by atoms with Crippen molar-refractivity contribution in [3.05, 3.63) is 77.0 Å². The Balaban J connectivity index is 1.75. The molecule has 1 heterocycles. The Morgan fingerprint density at radius 1 is 1.09 bits per heavy atom. The lowest BCUT2D eigenvalue weighted by Gasteiger charge is -2.37. The lowest BCUT2D eigenvalue weighted by atomic mass is 9.69. The van der Waals surface area contributed by atoms with Crippen LogP contribution in [0.2, 0.25) is 0 Å². The molecular formula is C28H31NO4S. The number of ketones is 1. The summed E-state index contributed by atoms with van der Waals surface area (Å²) in [6.45, 7) is 4.29. The van der Waals surface area contributed by atoms with Crippen LogP contribution < -0.4 is 4.74 Å². The third-order valence-electron chi connectivity index (χ3n) is 6.56. The summed E-state index contributed by atoms with van der Waals surface area (Å²) in [6.07, 6.45) is 1.07. The first kappa shape index (κ1) is 24.3. The second-order valence-corrected chi connectivity index (χ2v) is 10.0. The number of rotatable bonds is 8. The van der Waals surface area contributed by atoms with Gasteiger partial charge < -0.3 is 9.47 Å². The van der Waals surface area contributed by atoms with Crippen LogP contribution in [0.4, 0.5) is 0 Å². The molecule has 2 aliphatic rings. The molecule has 0 amide bonds. The maximum Gasteiger partial charge on any atom is 0.315 e. The Morgan fingerprint density at radius 2 is 1.82 bits per heavy atom. The maximum absolute atomic E-state index is 13.6. The van der Waals surface area contributed by atoms with Crippen molar-refractivity contribution in [3.8, 4) is 5.75 Å². The number of esters is 1. The molecule has 0 aromatic heterocycles. The molecular weight excluding hydrogens is 446 g/mol. The van der Waals surface area contributed by atoms with E-state index >= 15 is 0 Å². The highest BCUT2D eigenvalue weighted by molar-refractivity contribution is 7.99. The predicted octanol–water partition coefficient (Wildman–Crippen LogP) is 5.57. The van der Waals surface area contributed by atoms with E-state index in [1.807, 2.05) is 49.4 Å². The van der Waals surface area contributed by atoms with Crippen LogP contribution in [0.15, 0.2) is 70.9 Å². The molecule has 0 bridgehead atoms.